The Morgan fingerprint density at radius 1 is 1.38 bits per heavy atom. The summed E-state index contributed by atoms with van der Waals surface area (Å²) in [5.41, 5.74) is 0. The number of carbonyl (C=O) groups is 1. The summed E-state index contributed by atoms with van der Waals surface area (Å²) < 4.78 is 0. The van der Waals surface area contributed by atoms with Crippen molar-refractivity contribution in [2.24, 2.45) is 0 Å². The van der Waals surface area contributed by atoms with Gasteiger partial charge in [0.2, 0.25) is 12.1 Å². The van der Waals surface area contributed by atoms with Gasteiger partial charge in [0, 0.05) is 0 Å². The molecule has 0 aliphatic carbocycles. The van der Waals surface area contributed by atoms with Crippen LogP contribution < -0.4 is 0 Å². The van der Waals surface area contributed by atoms with E-state index in [9.17, 15) is 4.79 Å². The van der Waals surface area contributed by atoms with E-state index in [4.69, 9.17) is 15.3 Å². The predicted molar refractivity (Wildman–Crippen MR) is 24.9 cm³/mol. The van der Waals surface area contributed by atoms with Crippen molar-refractivity contribution in [3.8, 4) is 0 Å². The van der Waals surface area contributed by atoms with Crippen LogP contribution in [0.3, 0.4) is 0 Å². The van der Waals surface area contributed by atoms with Crippen LogP contribution >= 0.6 is 0 Å². The zero-order valence-electron chi connectivity index (χ0n) is 4.40. The molecular weight excluding hydrogens is 112 g/mol. The van der Waals surface area contributed by atoms with Gasteiger partial charge in [-0.1, -0.05) is 0 Å². The van der Waals surface area contributed by atoms with Crippen LogP contribution in [-0.4, -0.2) is 33.5 Å². The van der Waals surface area contributed by atoms with E-state index in [1.54, 1.807) is 0 Å². The molecule has 1 unspecified atom stereocenters. The Bertz CT molecular complexity index is 76.0. The SMILES string of the molecule is CC(O)C(=O)C(O)O. The molecular formula is C4H8O4. The van der Waals surface area contributed by atoms with E-state index >= 15 is 0 Å². The molecule has 8 heavy (non-hydrogen) atoms. The second-order valence-corrected chi connectivity index (χ2v) is 1.45. The second-order valence-electron chi connectivity index (χ2n) is 1.45. The number of aliphatic hydroxyl groups is 3. The van der Waals surface area contributed by atoms with E-state index in [0.29, 0.717) is 0 Å². The molecule has 0 aliphatic rings. The van der Waals surface area contributed by atoms with Crippen LogP contribution in [0, 0.1) is 0 Å². The van der Waals surface area contributed by atoms with Crippen LogP contribution in [0.5, 0.6) is 0 Å². The first-order valence-electron chi connectivity index (χ1n) is 2.13. The zero-order valence-corrected chi connectivity index (χ0v) is 4.40. The smallest absolute Gasteiger partial charge is 0.216 e. The van der Waals surface area contributed by atoms with Gasteiger partial charge in [-0.2, -0.15) is 0 Å². The van der Waals surface area contributed by atoms with Crippen LogP contribution in [0.25, 0.3) is 0 Å². The van der Waals surface area contributed by atoms with Crippen molar-refractivity contribution >= 4 is 5.78 Å². The lowest BCUT2D eigenvalue weighted by atomic mass is 10.2. The van der Waals surface area contributed by atoms with Crippen molar-refractivity contribution in [2.75, 3.05) is 0 Å². The summed E-state index contributed by atoms with van der Waals surface area (Å²) in [4.78, 5) is 10.1. The Kier molecular flexibility index (Phi) is 2.60. The molecule has 0 aromatic heterocycles. The molecule has 4 nitrogen and oxygen atoms in total. The van der Waals surface area contributed by atoms with E-state index in [1.165, 1.54) is 6.92 Å². The Morgan fingerprint density at radius 2 is 1.75 bits per heavy atom. The highest BCUT2D eigenvalue weighted by molar-refractivity contribution is 5.84. The fourth-order valence-electron chi connectivity index (χ4n) is 0.216. The number of hydrogen-bond acceptors (Lipinski definition) is 4. The minimum Gasteiger partial charge on any atom is -0.385 e. The van der Waals surface area contributed by atoms with Crippen LogP contribution in [0.15, 0.2) is 0 Å². The van der Waals surface area contributed by atoms with Crippen molar-refractivity contribution in [2.45, 2.75) is 19.3 Å². The molecule has 0 amide bonds. The van der Waals surface area contributed by atoms with Gasteiger partial charge < -0.3 is 15.3 Å². The summed E-state index contributed by atoms with van der Waals surface area (Å²) in [5, 5.41) is 24.4. The van der Waals surface area contributed by atoms with Crippen molar-refractivity contribution in [1.29, 1.82) is 0 Å². The average Bonchev–Trinajstić information content (AvgIpc) is 1.64. The van der Waals surface area contributed by atoms with Crippen LogP contribution in [0.4, 0.5) is 0 Å². The lowest BCUT2D eigenvalue weighted by Gasteiger charge is -2.02. The molecule has 0 aliphatic heterocycles. The molecule has 0 radical (unpaired) electrons. The second kappa shape index (κ2) is 2.76. The number of ketones is 1. The van der Waals surface area contributed by atoms with Crippen molar-refractivity contribution in [1.82, 2.24) is 0 Å². The number of aliphatic hydroxyl groups excluding tert-OH is 2. The fraction of sp³-hybridized carbons (Fsp3) is 0.750. The molecule has 48 valence electrons. The quantitative estimate of drug-likeness (QED) is 0.377. The average molecular weight is 120 g/mol. The van der Waals surface area contributed by atoms with Gasteiger partial charge in [0.05, 0.1) is 0 Å². The lowest BCUT2D eigenvalue weighted by Crippen LogP contribution is -2.29. The normalized spacial score (nSPS) is 14.1. The molecule has 3 N–H and O–H groups in total. The van der Waals surface area contributed by atoms with E-state index in [2.05, 4.69) is 0 Å². The fourth-order valence-corrected chi connectivity index (χ4v) is 0.216. The topological polar surface area (TPSA) is 77.8 Å². The highest BCUT2D eigenvalue weighted by Gasteiger charge is 2.15. The largest absolute Gasteiger partial charge is 0.385 e. The maximum Gasteiger partial charge on any atom is 0.216 e. The highest BCUT2D eigenvalue weighted by atomic mass is 16.5. The third-order valence-corrected chi connectivity index (χ3v) is 0.666. The first-order chi connectivity index (χ1) is 3.55. The number of hydrogen-bond donors (Lipinski definition) is 3. The Labute approximate surface area is 46.4 Å². The summed E-state index contributed by atoms with van der Waals surface area (Å²) in [6.07, 6.45) is -3.34. The summed E-state index contributed by atoms with van der Waals surface area (Å²) in [7, 11) is 0. The Hall–Kier alpha value is -0.450. The zero-order chi connectivity index (χ0) is 6.73. The van der Waals surface area contributed by atoms with Crippen molar-refractivity contribution in [3.63, 3.8) is 0 Å². The van der Waals surface area contributed by atoms with Gasteiger partial charge in [-0.15, -0.1) is 0 Å². The minimum atomic E-state index is -2.05. The van der Waals surface area contributed by atoms with Gasteiger partial charge in [-0.25, -0.2) is 0 Å². The number of rotatable bonds is 2. The first-order valence-corrected chi connectivity index (χ1v) is 2.13. The molecule has 0 aromatic carbocycles. The van der Waals surface area contributed by atoms with E-state index < -0.39 is 18.2 Å². The van der Waals surface area contributed by atoms with Gasteiger partial charge >= 0.3 is 0 Å². The standard InChI is InChI=1S/C4H8O4/c1-2(5)3(6)4(7)8/h2,4-5,7-8H,1H3. The first kappa shape index (κ1) is 7.55. The third kappa shape index (κ3) is 2.02. The summed E-state index contributed by atoms with van der Waals surface area (Å²) in [5.74, 6) is -0.981. The maximum absolute atomic E-state index is 10.1. The molecule has 0 saturated carbocycles. The van der Waals surface area contributed by atoms with Gasteiger partial charge in [-0.05, 0) is 6.92 Å². The maximum atomic E-state index is 10.1. The molecule has 0 spiro atoms. The van der Waals surface area contributed by atoms with Crippen LogP contribution in [-0.2, 0) is 4.79 Å². The molecule has 0 bridgehead atoms. The summed E-state index contributed by atoms with van der Waals surface area (Å²) in [6, 6.07) is 0. The highest BCUT2D eigenvalue weighted by Crippen LogP contribution is 1.86. The third-order valence-electron chi connectivity index (χ3n) is 0.666. The van der Waals surface area contributed by atoms with Crippen molar-refractivity contribution in [3.05, 3.63) is 0 Å². The monoisotopic (exact) mass is 120 g/mol. The van der Waals surface area contributed by atoms with Crippen molar-refractivity contribution < 1.29 is 20.1 Å². The molecule has 0 heterocycles. The van der Waals surface area contributed by atoms with Gasteiger partial charge in [-0.3, -0.25) is 4.79 Å². The molecule has 0 saturated heterocycles. The predicted octanol–water partition coefficient (Wildman–Crippen LogP) is -1.75. The molecule has 0 fully saturated rings. The molecule has 0 aromatic rings. The van der Waals surface area contributed by atoms with Crippen LogP contribution in [0.2, 0.25) is 0 Å². The molecule has 4 heteroatoms. The minimum absolute atomic E-state index is 0.981. The van der Waals surface area contributed by atoms with Crippen LogP contribution in [0.1, 0.15) is 6.92 Å². The van der Waals surface area contributed by atoms with E-state index in [0.717, 1.165) is 0 Å². The summed E-state index contributed by atoms with van der Waals surface area (Å²) >= 11 is 0. The lowest BCUT2D eigenvalue weighted by molar-refractivity contribution is -0.152. The Balaban J connectivity index is 3.65. The van der Waals surface area contributed by atoms with E-state index in [-0.39, 0.29) is 0 Å². The van der Waals surface area contributed by atoms with Gasteiger partial charge in [0.1, 0.15) is 6.10 Å². The molecule has 0 rings (SSSR count). The van der Waals surface area contributed by atoms with E-state index in [1.807, 2.05) is 0 Å². The summed E-state index contributed by atoms with van der Waals surface area (Å²) in [6.45, 7) is 1.17. The van der Waals surface area contributed by atoms with Gasteiger partial charge in [0.25, 0.3) is 0 Å². The molecule has 1 atom stereocenters. The Morgan fingerprint density at radius 3 is 1.75 bits per heavy atom. The number of Topliss-reactive ketones (excluding diaryl/α,β-unsaturated/α-hetero) is 1. The van der Waals surface area contributed by atoms with Gasteiger partial charge in [0.15, 0.2) is 0 Å². The number of carbonyl (C=O) groups excluding carboxylic acids is 1.